The molecule has 2 amide bonds. The Kier molecular flexibility index (Phi) is 3.89. The van der Waals surface area contributed by atoms with Gasteiger partial charge in [0, 0.05) is 36.1 Å². The van der Waals surface area contributed by atoms with E-state index in [-0.39, 0.29) is 6.04 Å². The Hall–Kier alpha value is -3.22. The maximum Gasteiger partial charge on any atom is 0.313 e. The van der Waals surface area contributed by atoms with Crippen LogP contribution in [0.3, 0.4) is 0 Å². The van der Waals surface area contributed by atoms with E-state index in [1.807, 2.05) is 18.2 Å². The molecule has 0 saturated heterocycles. The highest BCUT2D eigenvalue weighted by Crippen LogP contribution is 2.28. The maximum atomic E-state index is 12.6. The number of amides is 2. The Morgan fingerprint density at radius 3 is 2.88 bits per heavy atom. The van der Waals surface area contributed by atoms with E-state index in [2.05, 4.69) is 20.5 Å². The molecule has 1 saturated carbocycles. The van der Waals surface area contributed by atoms with Crippen LogP contribution in [-0.4, -0.2) is 37.9 Å². The number of fused-ring (bicyclic) bond motifs is 1. The number of aromatic amines is 1. The lowest BCUT2D eigenvalue weighted by Crippen LogP contribution is -2.40. The van der Waals surface area contributed by atoms with Crippen LogP contribution in [0.4, 0.5) is 5.69 Å². The van der Waals surface area contributed by atoms with Crippen molar-refractivity contribution < 1.29 is 9.59 Å². The molecule has 0 radical (unpaired) electrons. The van der Waals surface area contributed by atoms with Crippen LogP contribution in [0.25, 0.3) is 10.9 Å². The Bertz CT molecular complexity index is 917. The zero-order valence-corrected chi connectivity index (χ0v) is 13.5. The topological polar surface area (TPSA) is 91.0 Å². The van der Waals surface area contributed by atoms with Crippen molar-refractivity contribution in [2.45, 2.75) is 25.4 Å². The number of carbonyl (C=O) groups is 2. The summed E-state index contributed by atoms with van der Waals surface area (Å²) in [6.07, 6.45) is 6.94. The van der Waals surface area contributed by atoms with Crippen molar-refractivity contribution >= 4 is 28.4 Å². The second-order valence-corrected chi connectivity index (χ2v) is 6.15. The van der Waals surface area contributed by atoms with E-state index >= 15 is 0 Å². The number of nitrogens with one attached hydrogen (secondary N) is 2. The third kappa shape index (κ3) is 3.35. The normalized spacial score (nSPS) is 13.6. The molecule has 4 rings (SSSR count). The van der Waals surface area contributed by atoms with E-state index in [0.717, 1.165) is 29.3 Å². The van der Waals surface area contributed by atoms with Crippen LogP contribution >= 0.6 is 0 Å². The van der Waals surface area contributed by atoms with Crippen molar-refractivity contribution in [2.75, 3.05) is 5.32 Å². The second kappa shape index (κ2) is 6.35. The van der Waals surface area contributed by atoms with Gasteiger partial charge in [-0.25, -0.2) is 0 Å². The number of hydrogen-bond acceptors (Lipinski definition) is 4. The molecule has 3 aromatic rings. The SMILES string of the molecule is O=C(Nc1ccc2[nH]ncc2c1)C(=O)N(Cc1cccnc1)C1CC1. The predicted molar refractivity (Wildman–Crippen MR) is 92.5 cm³/mol. The minimum absolute atomic E-state index is 0.134. The second-order valence-electron chi connectivity index (χ2n) is 6.15. The van der Waals surface area contributed by atoms with Crippen molar-refractivity contribution in [1.29, 1.82) is 0 Å². The van der Waals surface area contributed by atoms with Crippen molar-refractivity contribution in [3.05, 3.63) is 54.5 Å². The van der Waals surface area contributed by atoms with Gasteiger partial charge in [0.15, 0.2) is 0 Å². The number of anilines is 1. The highest BCUT2D eigenvalue weighted by Gasteiger charge is 2.35. The molecule has 7 nitrogen and oxygen atoms in total. The number of benzene rings is 1. The number of carbonyl (C=O) groups excluding carboxylic acids is 2. The van der Waals surface area contributed by atoms with Crippen molar-refractivity contribution in [3.63, 3.8) is 0 Å². The van der Waals surface area contributed by atoms with Crippen LogP contribution in [0.15, 0.2) is 48.9 Å². The summed E-state index contributed by atoms with van der Waals surface area (Å²) in [5, 5.41) is 10.4. The molecule has 7 heteroatoms. The molecule has 0 atom stereocenters. The minimum atomic E-state index is -0.626. The van der Waals surface area contributed by atoms with E-state index in [1.54, 1.807) is 35.6 Å². The Balaban J connectivity index is 1.48. The van der Waals surface area contributed by atoms with Gasteiger partial charge in [-0.3, -0.25) is 19.7 Å². The Labute approximate surface area is 144 Å². The van der Waals surface area contributed by atoms with Gasteiger partial charge in [-0.15, -0.1) is 0 Å². The molecule has 0 bridgehead atoms. The lowest BCUT2D eigenvalue weighted by atomic mass is 10.2. The first-order chi connectivity index (χ1) is 12.2. The monoisotopic (exact) mass is 335 g/mol. The molecule has 25 heavy (non-hydrogen) atoms. The lowest BCUT2D eigenvalue weighted by Gasteiger charge is -2.21. The fraction of sp³-hybridized carbons (Fsp3) is 0.222. The lowest BCUT2D eigenvalue weighted by molar-refractivity contribution is -0.144. The summed E-state index contributed by atoms with van der Waals surface area (Å²) in [5.41, 5.74) is 2.36. The van der Waals surface area contributed by atoms with Crippen molar-refractivity contribution in [1.82, 2.24) is 20.1 Å². The van der Waals surface area contributed by atoms with Crippen molar-refractivity contribution in [3.8, 4) is 0 Å². The fourth-order valence-corrected chi connectivity index (χ4v) is 2.78. The van der Waals surface area contributed by atoms with Gasteiger partial charge in [0.05, 0.1) is 11.7 Å². The van der Waals surface area contributed by atoms with Crippen LogP contribution in [0.5, 0.6) is 0 Å². The van der Waals surface area contributed by atoms with Gasteiger partial charge in [-0.2, -0.15) is 5.10 Å². The van der Waals surface area contributed by atoms with Gasteiger partial charge >= 0.3 is 11.8 Å². The van der Waals surface area contributed by atoms with E-state index in [4.69, 9.17) is 0 Å². The molecule has 2 aromatic heterocycles. The molecular weight excluding hydrogens is 318 g/mol. The molecule has 0 aliphatic heterocycles. The molecule has 1 fully saturated rings. The predicted octanol–water partition coefficient (Wildman–Crippen LogP) is 2.09. The summed E-state index contributed by atoms with van der Waals surface area (Å²) < 4.78 is 0. The number of nitrogens with zero attached hydrogens (tertiary/aromatic N) is 3. The standard InChI is InChI=1S/C18H17N5O2/c24-17(21-14-3-6-16-13(8-14)10-20-22-16)18(25)23(15-4-5-15)11-12-2-1-7-19-9-12/h1-3,6-10,15H,4-5,11H2,(H,20,22)(H,21,24). The number of rotatable bonds is 4. The summed E-state index contributed by atoms with van der Waals surface area (Å²) >= 11 is 0. The first-order valence-electron chi connectivity index (χ1n) is 8.15. The first-order valence-corrected chi connectivity index (χ1v) is 8.15. The molecule has 2 N–H and O–H groups in total. The summed E-state index contributed by atoms with van der Waals surface area (Å²) in [5.74, 6) is -1.14. The zero-order chi connectivity index (χ0) is 17.2. The molecule has 1 aromatic carbocycles. The molecule has 0 unspecified atom stereocenters. The van der Waals surface area contributed by atoms with E-state index in [9.17, 15) is 9.59 Å². The summed E-state index contributed by atoms with van der Waals surface area (Å²) in [4.78, 5) is 30.7. The Morgan fingerprint density at radius 1 is 1.24 bits per heavy atom. The smallest absolute Gasteiger partial charge is 0.313 e. The third-order valence-electron chi connectivity index (χ3n) is 4.22. The molecule has 0 spiro atoms. The van der Waals surface area contributed by atoms with Gasteiger partial charge in [0.1, 0.15) is 0 Å². The van der Waals surface area contributed by atoms with Crippen LogP contribution in [0.1, 0.15) is 18.4 Å². The molecular formula is C18H17N5O2. The largest absolute Gasteiger partial charge is 0.327 e. The third-order valence-corrected chi connectivity index (χ3v) is 4.22. The summed E-state index contributed by atoms with van der Waals surface area (Å²) in [7, 11) is 0. The fourth-order valence-electron chi connectivity index (χ4n) is 2.78. The highest BCUT2D eigenvalue weighted by atomic mass is 16.2. The van der Waals surface area contributed by atoms with Gasteiger partial charge in [0.25, 0.3) is 0 Å². The molecule has 1 aliphatic rings. The van der Waals surface area contributed by atoms with Crippen LogP contribution < -0.4 is 5.32 Å². The van der Waals surface area contributed by atoms with E-state index in [1.165, 1.54) is 0 Å². The summed E-state index contributed by atoms with van der Waals surface area (Å²) in [6, 6.07) is 9.21. The quantitative estimate of drug-likeness (QED) is 0.714. The van der Waals surface area contributed by atoms with Crippen LogP contribution in [-0.2, 0) is 16.1 Å². The number of pyridine rings is 1. The maximum absolute atomic E-state index is 12.6. The molecule has 1 aliphatic carbocycles. The number of hydrogen-bond donors (Lipinski definition) is 2. The van der Waals surface area contributed by atoms with Gasteiger partial charge < -0.3 is 10.2 Å². The van der Waals surface area contributed by atoms with E-state index in [0.29, 0.717) is 12.2 Å². The van der Waals surface area contributed by atoms with Crippen LogP contribution in [0, 0.1) is 0 Å². The van der Waals surface area contributed by atoms with Gasteiger partial charge in [0.2, 0.25) is 0 Å². The van der Waals surface area contributed by atoms with Crippen LogP contribution in [0.2, 0.25) is 0 Å². The number of aromatic nitrogens is 3. The average molecular weight is 335 g/mol. The first kappa shape index (κ1) is 15.3. The van der Waals surface area contributed by atoms with E-state index < -0.39 is 11.8 Å². The van der Waals surface area contributed by atoms with Gasteiger partial charge in [-0.05, 0) is 42.7 Å². The highest BCUT2D eigenvalue weighted by molar-refractivity contribution is 6.39. The average Bonchev–Trinajstić information content (AvgIpc) is 3.37. The van der Waals surface area contributed by atoms with Gasteiger partial charge in [-0.1, -0.05) is 6.07 Å². The minimum Gasteiger partial charge on any atom is -0.327 e. The molecule has 2 heterocycles. The Morgan fingerprint density at radius 2 is 2.12 bits per heavy atom. The summed E-state index contributed by atoms with van der Waals surface area (Å²) in [6.45, 7) is 0.394. The zero-order valence-electron chi connectivity index (χ0n) is 13.5. The molecule has 126 valence electrons. The number of H-pyrrole nitrogens is 1. The van der Waals surface area contributed by atoms with Crippen molar-refractivity contribution in [2.24, 2.45) is 0 Å².